The number of carbonyl (C=O) groups is 3. The van der Waals surface area contributed by atoms with Gasteiger partial charge in [-0.3, -0.25) is 14.4 Å². The number of aromatic hydroxyl groups is 6. The third-order valence-electron chi connectivity index (χ3n) is 8.99. The minimum atomic E-state index is -1.23. The first kappa shape index (κ1) is 41.3. The van der Waals surface area contributed by atoms with E-state index in [9.17, 15) is 55.2 Å². The smallest absolute Gasteiger partial charge is 0.318 e. The Morgan fingerprint density at radius 3 is 0.911 bits per heavy atom. The van der Waals surface area contributed by atoms with Gasteiger partial charge in [0.05, 0.1) is 6.42 Å². The van der Waals surface area contributed by atoms with Crippen molar-refractivity contribution in [2.45, 2.75) is 30.6 Å². The van der Waals surface area contributed by atoms with Crippen LogP contribution in [-0.4, -0.2) is 63.9 Å². The number of carboxylic acid groups (broad SMARTS) is 3. The van der Waals surface area contributed by atoms with Crippen molar-refractivity contribution in [3.8, 4) is 34.5 Å². The molecule has 0 aliphatic rings. The summed E-state index contributed by atoms with van der Waals surface area (Å²) in [6, 6.07) is 37.2. The van der Waals surface area contributed by atoms with Crippen LogP contribution in [0.3, 0.4) is 0 Å². The third-order valence-corrected chi connectivity index (χ3v) is 8.99. The van der Waals surface area contributed by atoms with E-state index in [4.69, 9.17) is 5.11 Å². The van der Waals surface area contributed by atoms with Gasteiger partial charge in [-0.25, -0.2) is 0 Å². The lowest BCUT2D eigenvalue weighted by atomic mass is 9.76. The molecular formula is C44H40O12. The lowest BCUT2D eigenvalue weighted by molar-refractivity contribution is -0.141. The molecule has 0 atom stereocenters. The van der Waals surface area contributed by atoms with Crippen LogP contribution in [0, 0.1) is 0 Å². The Hall–Kier alpha value is -7.47. The van der Waals surface area contributed by atoms with E-state index in [-0.39, 0.29) is 46.8 Å². The summed E-state index contributed by atoms with van der Waals surface area (Å²) < 4.78 is 0. The Labute approximate surface area is 321 Å². The van der Waals surface area contributed by atoms with Gasteiger partial charge < -0.3 is 46.0 Å². The van der Waals surface area contributed by atoms with E-state index in [0.29, 0.717) is 22.3 Å². The molecule has 0 spiro atoms. The van der Waals surface area contributed by atoms with Gasteiger partial charge in [0.2, 0.25) is 0 Å². The Balaban J connectivity index is 0.000000187. The molecule has 6 rings (SSSR count). The van der Waals surface area contributed by atoms with E-state index in [1.54, 1.807) is 79.7 Å². The number of hydrogen-bond acceptors (Lipinski definition) is 9. The van der Waals surface area contributed by atoms with Crippen LogP contribution in [0.4, 0.5) is 0 Å². The van der Waals surface area contributed by atoms with E-state index in [0.717, 1.165) is 11.1 Å². The molecule has 0 amide bonds. The molecule has 0 bridgehead atoms. The first-order valence-electron chi connectivity index (χ1n) is 17.0. The number of aliphatic carboxylic acids is 3. The largest absolute Gasteiger partial charge is 0.508 e. The highest BCUT2D eigenvalue weighted by molar-refractivity contribution is 5.85. The van der Waals surface area contributed by atoms with E-state index in [1.807, 2.05) is 0 Å². The number of phenolic OH excluding ortho intramolecular Hbond substituents is 6. The van der Waals surface area contributed by atoms with Crippen LogP contribution < -0.4 is 0 Å². The molecule has 288 valence electrons. The maximum Gasteiger partial charge on any atom is 0.318 e. The summed E-state index contributed by atoms with van der Waals surface area (Å²) in [5.74, 6) is -3.36. The molecule has 0 fully saturated rings. The normalized spacial score (nSPS) is 10.8. The van der Waals surface area contributed by atoms with E-state index in [1.165, 1.54) is 72.8 Å². The summed E-state index contributed by atoms with van der Waals surface area (Å²) in [6.07, 6.45) is -0.0461. The summed E-state index contributed by atoms with van der Waals surface area (Å²) in [4.78, 5) is 34.0. The van der Waals surface area contributed by atoms with Crippen LogP contribution in [0.2, 0.25) is 0 Å². The molecule has 56 heavy (non-hydrogen) atoms. The molecule has 6 aromatic carbocycles. The molecule has 0 aliphatic carbocycles. The van der Waals surface area contributed by atoms with Crippen LogP contribution in [0.25, 0.3) is 0 Å². The van der Waals surface area contributed by atoms with Gasteiger partial charge in [0.15, 0.2) is 0 Å². The van der Waals surface area contributed by atoms with Crippen molar-refractivity contribution < 1.29 is 60.3 Å². The Bertz CT molecular complexity index is 2060. The van der Waals surface area contributed by atoms with Gasteiger partial charge in [-0.05, 0) is 113 Å². The fraction of sp³-hybridized carbons (Fsp3) is 0.114. The van der Waals surface area contributed by atoms with Crippen LogP contribution in [-0.2, 0) is 19.8 Å². The number of carboxylic acids is 3. The minimum Gasteiger partial charge on any atom is -0.508 e. The average Bonchev–Trinajstić information content (AvgIpc) is 3.17. The van der Waals surface area contributed by atoms with Gasteiger partial charge in [-0.1, -0.05) is 72.8 Å². The molecule has 0 saturated heterocycles. The molecule has 12 nitrogen and oxygen atoms in total. The standard InChI is InChI=1S/2C15H14O4.C14H12O4/c1-15(14(18)19,10-2-6-12(16)7-3-10)11-4-8-13(17)9-5-11;16-12-5-1-10(2-6-12)14(9-15(18)19)11-3-7-13(17)8-4-11;15-11-5-1-9(2-6-11)13(14(17)18)10-3-7-12(16)8-4-10/h2-9,16-17H,1H3,(H,18,19);1-8,14,16-17H,9H2,(H,18,19);1-8,13,15-16H,(H,17,18). The second-order valence-electron chi connectivity index (χ2n) is 12.8. The maximum atomic E-state index is 11.7. The predicted octanol–water partition coefficient (Wildman–Crippen LogP) is 7.51. The zero-order valence-electron chi connectivity index (χ0n) is 30.0. The van der Waals surface area contributed by atoms with Crippen molar-refractivity contribution in [2.75, 3.05) is 0 Å². The van der Waals surface area contributed by atoms with Crippen molar-refractivity contribution in [1.29, 1.82) is 0 Å². The highest BCUT2D eigenvalue weighted by atomic mass is 16.4. The van der Waals surface area contributed by atoms with Gasteiger partial charge in [0.25, 0.3) is 0 Å². The first-order chi connectivity index (χ1) is 26.6. The zero-order valence-corrected chi connectivity index (χ0v) is 30.0. The van der Waals surface area contributed by atoms with Gasteiger partial charge >= 0.3 is 17.9 Å². The van der Waals surface area contributed by atoms with Gasteiger partial charge in [-0.15, -0.1) is 0 Å². The van der Waals surface area contributed by atoms with Crippen LogP contribution in [0.15, 0.2) is 146 Å². The molecular weight excluding hydrogens is 720 g/mol. The molecule has 0 heterocycles. The van der Waals surface area contributed by atoms with Crippen molar-refractivity contribution in [2.24, 2.45) is 0 Å². The van der Waals surface area contributed by atoms with Gasteiger partial charge in [0, 0.05) is 5.92 Å². The van der Waals surface area contributed by atoms with Gasteiger partial charge in [-0.2, -0.15) is 0 Å². The minimum absolute atomic E-state index is 0.0461. The molecule has 9 N–H and O–H groups in total. The molecule has 0 radical (unpaired) electrons. The molecule has 12 heteroatoms. The summed E-state index contributed by atoms with van der Waals surface area (Å²) in [5.41, 5.74) is 2.65. The van der Waals surface area contributed by atoms with Crippen molar-refractivity contribution >= 4 is 17.9 Å². The summed E-state index contributed by atoms with van der Waals surface area (Å²) in [5, 5.41) is 83.4. The monoisotopic (exact) mass is 760 g/mol. The van der Waals surface area contributed by atoms with Crippen molar-refractivity contribution in [1.82, 2.24) is 0 Å². The van der Waals surface area contributed by atoms with Crippen molar-refractivity contribution in [3.63, 3.8) is 0 Å². The van der Waals surface area contributed by atoms with Gasteiger partial charge in [0.1, 0.15) is 45.8 Å². The second kappa shape index (κ2) is 18.5. The molecule has 0 saturated carbocycles. The Morgan fingerprint density at radius 2 is 0.679 bits per heavy atom. The lowest BCUT2D eigenvalue weighted by Crippen LogP contribution is -2.33. The zero-order chi connectivity index (χ0) is 41.0. The Kier molecular flexibility index (Phi) is 13.7. The highest BCUT2D eigenvalue weighted by Gasteiger charge is 2.37. The van der Waals surface area contributed by atoms with Crippen LogP contribution >= 0.6 is 0 Å². The quantitative estimate of drug-likeness (QED) is 0.0660. The topological polar surface area (TPSA) is 233 Å². The first-order valence-corrected chi connectivity index (χ1v) is 17.0. The molecule has 0 unspecified atom stereocenters. The summed E-state index contributed by atoms with van der Waals surface area (Å²) in [6.45, 7) is 1.59. The number of benzene rings is 6. The molecule has 6 aromatic rings. The fourth-order valence-electron chi connectivity index (χ4n) is 5.83. The summed E-state index contributed by atoms with van der Waals surface area (Å²) in [7, 11) is 0. The number of hydrogen-bond donors (Lipinski definition) is 9. The summed E-state index contributed by atoms with van der Waals surface area (Å²) >= 11 is 0. The van der Waals surface area contributed by atoms with Crippen LogP contribution in [0.5, 0.6) is 34.5 Å². The molecule has 0 aromatic heterocycles. The highest BCUT2D eigenvalue weighted by Crippen LogP contribution is 2.34. The lowest BCUT2D eigenvalue weighted by Gasteiger charge is -2.26. The van der Waals surface area contributed by atoms with E-state index < -0.39 is 29.2 Å². The number of rotatable bonds is 10. The SMILES string of the molecule is CC(C(=O)O)(c1ccc(O)cc1)c1ccc(O)cc1.O=C(O)C(c1ccc(O)cc1)c1ccc(O)cc1.O=C(O)CC(c1ccc(O)cc1)c1ccc(O)cc1. The van der Waals surface area contributed by atoms with Crippen LogP contribution in [0.1, 0.15) is 58.6 Å². The predicted molar refractivity (Wildman–Crippen MR) is 206 cm³/mol. The maximum absolute atomic E-state index is 11.7. The fourth-order valence-corrected chi connectivity index (χ4v) is 5.83. The van der Waals surface area contributed by atoms with E-state index >= 15 is 0 Å². The van der Waals surface area contributed by atoms with E-state index in [2.05, 4.69) is 0 Å². The van der Waals surface area contributed by atoms with Crippen molar-refractivity contribution in [3.05, 3.63) is 179 Å². The Morgan fingerprint density at radius 1 is 0.429 bits per heavy atom. The average molecular weight is 761 g/mol. The molecule has 0 aliphatic heterocycles. The second-order valence-corrected chi connectivity index (χ2v) is 12.8. The third kappa shape index (κ3) is 10.8. The number of phenols is 6.